The molecule has 4 heteroatoms. The Bertz CT molecular complexity index is 529. The molecule has 0 aliphatic heterocycles. The summed E-state index contributed by atoms with van der Waals surface area (Å²) < 4.78 is 27.2. The lowest BCUT2D eigenvalue weighted by atomic mass is 10.0. The second-order valence-electron chi connectivity index (χ2n) is 3.61. The molecule has 0 radical (unpaired) electrons. The van der Waals surface area contributed by atoms with Crippen LogP contribution in [0.4, 0.5) is 8.78 Å². The van der Waals surface area contributed by atoms with E-state index < -0.39 is 11.6 Å². The van der Waals surface area contributed by atoms with Crippen molar-refractivity contribution in [3.05, 3.63) is 59.7 Å². The van der Waals surface area contributed by atoms with E-state index in [1.54, 1.807) is 18.2 Å². The van der Waals surface area contributed by atoms with Gasteiger partial charge in [-0.05, 0) is 23.8 Å². The number of nitrogens with two attached hydrogens (primary N) is 1. The summed E-state index contributed by atoms with van der Waals surface area (Å²) in [7, 11) is 0. The molecule has 2 aromatic carbocycles. The van der Waals surface area contributed by atoms with Crippen LogP contribution in [0.15, 0.2) is 42.5 Å². The third-order valence-corrected chi connectivity index (χ3v) is 2.44. The Morgan fingerprint density at radius 1 is 0.941 bits per heavy atom. The molecule has 0 unspecified atom stereocenters. The quantitative estimate of drug-likeness (QED) is 0.830. The predicted molar refractivity (Wildman–Crippen MR) is 60.8 cm³/mol. The fraction of sp³-hybridized carbons (Fsp3) is 0.0769. The van der Waals surface area contributed by atoms with E-state index in [4.69, 9.17) is 5.90 Å². The number of benzene rings is 2. The molecule has 0 aliphatic rings. The standard InChI is InChI=1S/C13H11F2NO/c14-12-4-2-1-3-10(12)11-7-9(8-17-16)5-6-13(11)15/h1-7H,8,16H2. The lowest BCUT2D eigenvalue weighted by molar-refractivity contribution is 0.124. The zero-order chi connectivity index (χ0) is 12.3. The van der Waals surface area contributed by atoms with Gasteiger partial charge in [0.2, 0.25) is 0 Å². The maximum absolute atomic E-state index is 13.6. The second kappa shape index (κ2) is 5.03. The van der Waals surface area contributed by atoms with Crippen molar-refractivity contribution >= 4 is 0 Å². The highest BCUT2D eigenvalue weighted by Crippen LogP contribution is 2.26. The molecule has 0 heterocycles. The van der Waals surface area contributed by atoms with Gasteiger partial charge in [-0.3, -0.25) is 4.84 Å². The van der Waals surface area contributed by atoms with Crippen LogP contribution in [-0.4, -0.2) is 0 Å². The fourth-order valence-electron chi connectivity index (χ4n) is 1.64. The van der Waals surface area contributed by atoms with Crippen molar-refractivity contribution in [2.45, 2.75) is 6.61 Å². The van der Waals surface area contributed by atoms with Crippen LogP contribution >= 0.6 is 0 Å². The number of halogens is 2. The molecule has 2 nitrogen and oxygen atoms in total. The van der Waals surface area contributed by atoms with Crippen LogP contribution < -0.4 is 5.90 Å². The van der Waals surface area contributed by atoms with Gasteiger partial charge in [0, 0.05) is 11.1 Å². The summed E-state index contributed by atoms with van der Waals surface area (Å²) in [5, 5.41) is 0. The van der Waals surface area contributed by atoms with Crippen LogP contribution in [0.25, 0.3) is 11.1 Å². The van der Waals surface area contributed by atoms with Crippen LogP contribution in [0.1, 0.15) is 5.56 Å². The normalized spacial score (nSPS) is 10.5. The summed E-state index contributed by atoms with van der Waals surface area (Å²) in [5.74, 6) is 4.01. The van der Waals surface area contributed by atoms with Gasteiger partial charge in [0.25, 0.3) is 0 Å². The molecule has 0 saturated heterocycles. The van der Waals surface area contributed by atoms with Gasteiger partial charge in [0.1, 0.15) is 11.6 Å². The zero-order valence-corrected chi connectivity index (χ0v) is 8.99. The lowest BCUT2D eigenvalue weighted by Crippen LogP contribution is -1.99. The minimum Gasteiger partial charge on any atom is -0.300 e. The molecular weight excluding hydrogens is 224 g/mol. The summed E-state index contributed by atoms with van der Waals surface area (Å²) in [5.41, 5.74) is 1.12. The Morgan fingerprint density at radius 2 is 1.65 bits per heavy atom. The molecular formula is C13H11F2NO. The smallest absolute Gasteiger partial charge is 0.131 e. The summed E-state index contributed by atoms with van der Waals surface area (Å²) in [6, 6.07) is 10.4. The van der Waals surface area contributed by atoms with E-state index in [-0.39, 0.29) is 17.7 Å². The van der Waals surface area contributed by atoms with Gasteiger partial charge in [0.15, 0.2) is 0 Å². The molecule has 0 aromatic heterocycles. The van der Waals surface area contributed by atoms with E-state index in [9.17, 15) is 8.78 Å². The van der Waals surface area contributed by atoms with Crippen molar-refractivity contribution in [3.8, 4) is 11.1 Å². The van der Waals surface area contributed by atoms with Gasteiger partial charge in [-0.2, -0.15) is 0 Å². The maximum atomic E-state index is 13.6. The van der Waals surface area contributed by atoms with Crippen molar-refractivity contribution in [1.29, 1.82) is 0 Å². The zero-order valence-electron chi connectivity index (χ0n) is 8.99. The Hall–Kier alpha value is -1.78. The summed E-state index contributed by atoms with van der Waals surface area (Å²) in [6.07, 6.45) is 0. The van der Waals surface area contributed by atoms with Gasteiger partial charge in [-0.15, -0.1) is 0 Å². The Labute approximate surface area is 97.6 Å². The molecule has 0 atom stereocenters. The fourth-order valence-corrected chi connectivity index (χ4v) is 1.64. The molecule has 17 heavy (non-hydrogen) atoms. The lowest BCUT2D eigenvalue weighted by Gasteiger charge is -2.07. The summed E-state index contributed by atoms with van der Waals surface area (Å²) in [6.45, 7) is 0.154. The maximum Gasteiger partial charge on any atom is 0.131 e. The van der Waals surface area contributed by atoms with Crippen molar-refractivity contribution in [3.63, 3.8) is 0 Å². The highest BCUT2D eigenvalue weighted by molar-refractivity contribution is 5.65. The van der Waals surface area contributed by atoms with Gasteiger partial charge < -0.3 is 0 Å². The Kier molecular flexibility index (Phi) is 3.46. The molecule has 0 saturated carbocycles. The first-order chi connectivity index (χ1) is 8.22. The van der Waals surface area contributed by atoms with E-state index in [2.05, 4.69) is 4.84 Å². The average Bonchev–Trinajstić information content (AvgIpc) is 2.33. The highest BCUT2D eigenvalue weighted by Gasteiger charge is 2.10. The van der Waals surface area contributed by atoms with Gasteiger partial charge in [0.05, 0.1) is 6.61 Å². The first-order valence-corrected chi connectivity index (χ1v) is 5.07. The predicted octanol–water partition coefficient (Wildman–Crippen LogP) is 3.02. The number of hydrogen-bond donors (Lipinski definition) is 1. The van der Waals surface area contributed by atoms with Gasteiger partial charge >= 0.3 is 0 Å². The Balaban J connectivity index is 2.51. The Morgan fingerprint density at radius 3 is 2.35 bits per heavy atom. The van der Waals surface area contributed by atoms with Crippen molar-refractivity contribution in [2.24, 2.45) is 5.90 Å². The van der Waals surface area contributed by atoms with Crippen molar-refractivity contribution in [2.75, 3.05) is 0 Å². The molecule has 88 valence electrons. The third-order valence-electron chi connectivity index (χ3n) is 2.44. The van der Waals surface area contributed by atoms with E-state index in [1.807, 2.05) is 0 Å². The first-order valence-electron chi connectivity index (χ1n) is 5.07. The SMILES string of the molecule is NOCc1ccc(F)c(-c2ccccc2F)c1. The van der Waals surface area contributed by atoms with E-state index in [1.165, 1.54) is 24.3 Å². The van der Waals surface area contributed by atoms with E-state index in [0.29, 0.717) is 5.56 Å². The minimum atomic E-state index is -0.476. The molecule has 0 aliphatic carbocycles. The third kappa shape index (κ3) is 2.49. The molecule has 0 fully saturated rings. The highest BCUT2D eigenvalue weighted by atomic mass is 19.1. The number of rotatable bonds is 3. The van der Waals surface area contributed by atoms with E-state index in [0.717, 1.165) is 0 Å². The minimum absolute atomic E-state index is 0.154. The molecule has 0 amide bonds. The molecule has 0 spiro atoms. The van der Waals surface area contributed by atoms with Gasteiger partial charge in [-0.1, -0.05) is 24.3 Å². The van der Waals surface area contributed by atoms with Gasteiger partial charge in [-0.25, -0.2) is 14.7 Å². The monoisotopic (exact) mass is 235 g/mol. The topological polar surface area (TPSA) is 35.2 Å². The largest absolute Gasteiger partial charge is 0.300 e. The van der Waals surface area contributed by atoms with Crippen LogP contribution in [0, 0.1) is 11.6 Å². The molecule has 0 bridgehead atoms. The average molecular weight is 235 g/mol. The van der Waals surface area contributed by atoms with Crippen LogP contribution in [-0.2, 0) is 11.4 Å². The van der Waals surface area contributed by atoms with Crippen molar-refractivity contribution in [1.82, 2.24) is 0 Å². The summed E-state index contributed by atoms with van der Waals surface area (Å²) in [4.78, 5) is 4.47. The number of hydrogen-bond acceptors (Lipinski definition) is 2. The van der Waals surface area contributed by atoms with Crippen LogP contribution in [0.2, 0.25) is 0 Å². The molecule has 2 rings (SSSR count). The van der Waals surface area contributed by atoms with E-state index >= 15 is 0 Å². The molecule has 2 N–H and O–H groups in total. The molecule has 2 aromatic rings. The van der Waals surface area contributed by atoms with Crippen LogP contribution in [0.5, 0.6) is 0 Å². The first kappa shape index (κ1) is 11.7. The van der Waals surface area contributed by atoms with Crippen molar-refractivity contribution < 1.29 is 13.6 Å². The second-order valence-corrected chi connectivity index (χ2v) is 3.61. The van der Waals surface area contributed by atoms with Crippen LogP contribution in [0.3, 0.4) is 0 Å². The summed E-state index contributed by atoms with van der Waals surface area (Å²) >= 11 is 0.